The average Bonchev–Trinajstić information content (AvgIpc) is 1.98. The lowest BCUT2D eigenvalue weighted by Crippen LogP contribution is -1.84. The Kier molecular flexibility index (Phi) is 2.55. The second-order valence-electron chi connectivity index (χ2n) is 2.19. The summed E-state index contributed by atoms with van der Waals surface area (Å²) in [7, 11) is 0. The van der Waals surface area contributed by atoms with Gasteiger partial charge < -0.3 is 4.74 Å². The molecule has 0 saturated carbocycles. The van der Waals surface area contributed by atoms with Crippen LogP contribution in [0.4, 0.5) is 0 Å². The highest BCUT2D eigenvalue weighted by Crippen LogP contribution is 2.22. The Balaban J connectivity index is 3.01. The van der Waals surface area contributed by atoms with Crippen LogP contribution in [-0.2, 0) is 0 Å². The predicted molar refractivity (Wildman–Crippen MR) is 47.0 cm³/mol. The molecule has 1 aromatic rings. The molecule has 0 N–H and O–H groups in total. The van der Waals surface area contributed by atoms with Crippen molar-refractivity contribution in [1.29, 1.82) is 0 Å². The lowest BCUT2D eigenvalue weighted by atomic mass is 10.2. The van der Waals surface area contributed by atoms with Crippen LogP contribution in [0.3, 0.4) is 0 Å². The zero-order valence-electron chi connectivity index (χ0n) is 6.30. The fraction of sp³-hybridized carbons (Fsp3) is 0.111. The molecule has 1 aromatic carbocycles. The van der Waals surface area contributed by atoms with Gasteiger partial charge in [-0.2, -0.15) is 0 Å². The molecule has 0 fully saturated rings. The molecule has 0 spiro atoms. The molecule has 2 heteroatoms. The molecular formula is C9H9ClO. The molecule has 0 atom stereocenters. The van der Waals surface area contributed by atoms with Gasteiger partial charge in [-0.25, -0.2) is 0 Å². The molecule has 0 aliphatic heterocycles. The second kappa shape index (κ2) is 3.44. The molecule has 0 saturated heterocycles. The van der Waals surface area contributed by atoms with Gasteiger partial charge in [-0.3, -0.25) is 0 Å². The van der Waals surface area contributed by atoms with E-state index in [2.05, 4.69) is 6.58 Å². The minimum atomic E-state index is 0.674. The van der Waals surface area contributed by atoms with Crippen LogP contribution in [0.15, 0.2) is 31.0 Å². The Bertz CT molecular complexity index is 268. The number of hydrogen-bond acceptors (Lipinski definition) is 1. The van der Waals surface area contributed by atoms with Crippen molar-refractivity contribution in [1.82, 2.24) is 0 Å². The monoisotopic (exact) mass is 168 g/mol. The van der Waals surface area contributed by atoms with E-state index < -0.39 is 0 Å². The SMILES string of the molecule is C=COc1cc(Cl)ccc1C. The lowest BCUT2D eigenvalue weighted by molar-refractivity contribution is 0.479. The summed E-state index contributed by atoms with van der Waals surface area (Å²) < 4.78 is 5.10. The molecule has 0 bridgehead atoms. The summed E-state index contributed by atoms with van der Waals surface area (Å²) >= 11 is 5.74. The first kappa shape index (κ1) is 8.15. The minimum Gasteiger partial charge on any atom is -0.465 e. The maximum atomic E-state index is 5.74. The first-order valence-corrected chi connectivity index (χ1v) is 3.65. The topological polar surface area (TPSA) is 9.23 Å². The first-order valence-electron chi connectivity index (χ1n) is 3.28. The highest BCUT2D eigenvalue weighted by atomic mass is 35.5. The van der Waals surface area contributed by atoms with Crippen LogP contribution in [0.2, 0.25) is 5.02 Å². The molecule has 0 aromatic heterocycles. The molecule has 0 aliphatic carbocycles. The highest BCUT2D eigenvalue weighted by Gasteiger charge is 1.97. The fourth-order valence-electron chi connectivity index (χ4n) is 0.791. The molecule has 0 unspecified atom stereocenters. The third-order valence-electron chi connectivity index (χ3n) is 1.36. The van der Waals surface area contributed by atoms with Crippen molar-refractivity contribution < 1.29 is 4.74 Å². The van der Waals surface area contributed by atoms with E-state index in [1.54, 1.807) is 6.07 Å². The minimum absolute atomic E-state index is 0.674. The van der Waals surface area contributed by atoms with Crippen LogP contribution in [0.1, 0.15) is 5.56 Å². The van der Waals surface area contributed by atoms with E-state index in [9.17, 15) is 0 Å². The normalized spacial score (nSPS) is 9.27. The van der Waals surface area contributed by atoms with Gasteiger partial charge in [-0.1, -0.05) is 24.2 Å². The van der Waals surface area contributed by atoms with Crippen LogP contribution >= 0.6 is 11.6 Å². The van der Waals surface area contributed by atoms with Gasteiger partial charge in [0.15, 0.2) is 0 Å². The van der Waals surface area contributed by atoms with Crippen LogP contribution in [0.5, 0.6) is 5.75 Å². The number of ether oxygens (including phenoxy) is 1. The fourth-order valence-corrected chi connectivity index (χ4v) is 0.953. The van der Waals surface area contributed by atoms with Gasteiger partial charge in [0.05, 0.1) is 6.26 Å². The van der Waals surface area contributed by atoms with E-state index in [0.717, 1.165) is 11.3 Å². The standard InChI is InChI=1S/C9H9ClO/c1-3-11-9-6-8(10)5-4-7(9)2/h3-6H,1H2,2H3. The first-order chi connectivity index (χ1) is 5.24. The summed E-state index contributed by atoms with van der Waals surface area (Å²) in [6.45, 7) is 5.41. The summed E-state index contributed by atoms with van der Waals surface area (Å²) in [5.41, 5.74) is 1.05. The summed E-state index contributed by atoms with van der Waals surface area (Å²) in [6.07, 6.45) is 1.39. The molecule has 1 nitrogen and oxygen atoms in total. The smallest absolute Gasteiger partial charge is 0.130 e. The zero-order valence-corrected chi connectivity index (χ0v) is 7.06. The zero-order chi connectivity index (χ0) is 8.27. The van der Waals surface area contributed by atoms with Gasteiger partial charge in [0.2, 0.25) is 0 Å². The summed E-state index contributed by atoms with van der Waals surface area (Å²) in [6, 6.07) is 5.49. The predicted octanol–water partition coefficient (Wildman–Crippen LogP) is 3.17. The molecule has 11 heavy (non-hydrogen) atoms. The average molecular weight is 169 g/mol. The third-order valence-corrected chi connectivity index (χ3v) is 1.60. The van der Waals surface area contributed by atoms with Crippen molar-refractivity contribution in [3.63, 3.8) is 0 Å². The largest absolute Gasteiger partial charge is 0.465 e. The van der Waals surface area contributed by atoms with Crippen LogP contribution in [0.25, 0.3) is 0 Å². The Morgan fingerprint density at radius 1 is 1.55 bits per heavy atom. The highest BCUT2D eigenvalue weighted by molar-refractivity contribution is 6.30. The summed E-state index contributed by atoms with van der Waals surface area (Å²) in [5, 5.41) is 0.674. The van der Waals surface area contributed by atoms with Crippen molar-refractivity contribution in [2.45, 2.75) is 6.92 Å². The Morgan fingerprint density at radius 3 is 2.91 bits per heavy atom. The number of hydrogen-bond donors (Lipinski definition) is 0. The molecule has 0 heterocycles. The van der Waals surface area contributed by atoms with Crippen LogP contribution in [0, 0.1) is 6.92 Å². The lowest BCUT2D eigenvalue weighted by Gasteiger charge is -2.03. The maximum Gasteiger partial charge on any atom is 0.130 e. The van der Waals surface area contributed by atoms with Gasteiger partial charge in [0, 0.05) is 5.02 Å². The van der Waals surface area contributed by atoms with Crippen molar-refractivity contribution in [3.05, 3.63) is 41.6 Å². The van der Waals surface area contributed by atoms with Crippen molar-refractivity contribution in [2.75, 3.05) is 0 Å². The van der Waals surface area contributed by atoms with Crippen LogP contribution in [-0.4, -0.2) is 0 Å². The third kappa shape index (κ3) is 1.99. The number of benzene rings is 1. The van der Waals surface area contributed by atoms with E-state index in [4.69, 9.17) is 16.3 Å². The van der Waals surface area contributed by atoms with Crippen LogP contribution < -0.4 is 4.74 Å². The van der Waals surface area contributed by atoms with E-state index >= 15 is 0 Å². The number of rotatable bonds is 2. The van der Waals surface area contributed by atoms with Crippen molar-refractivity contribution >= 4 is 11.6 Å². The molecule has 1 rings (SSSR count). The second-order valence-corrected chi connectivity index (χ2v) is 2.63. The summed E-state index contributed by atoms with van der Waals surface area (Å²) in [4.78, 5) is 0. The molecule has 0 aliphatic rings. The van der Waals surface area contributed by atoms with Gasteiger partial charge in [0.25, 0.3) is 0 Å². The Hall–Kier alpha value is -0.950. The number of aryl methyl sites for hydroxylation is 1. The van der Waals surface area contributed by atoms with Gasteiger partial charge >= 0.3 is 0 Å². The quantitative estimate of drug-likeness (QED) is 0.617. The van der Waals surface area contributed by atoms with Gasteiger partial charge in [-0.15, -0.1) is 0 Å². The molecule has 0 radical (unpaired) electrons. The van der Waals surface area contributed by atoms with Crippen molar-refractivity contribution in [3.8, 4) is 5.75 Å². The maximum absolute atomic E-state index is 5.74. The Labute approximate surface area is 71.3 Å². The molecule has 58 valence electrons. The Morgan fingerprint density at radius 2 is 2.27 bits per heavy atom. The molecular weight excluding hydrogens is 160 g/mol. The van der Waals surface area contributed by atoms with Crippen molar-refractivity contribution in [2.24, 2.45) is 0 Å². The summed E-state index contributed by atoms with van der Waals surface area (Å²) in [5.74, 6) is 0.757. The van der Waals surface area contributed by atoms with Gasteiger partial charge in [0.1, 0.15) is 5.75 Å². The van der Waals surface area contributed by atoms with Gasteiger partial charge in [-0.05, 0) is 24.6 Å². The van der Waals surface area contributed by atoms with E-state index in [-0.39, 0.29) is 0 Å². The van der Waals surface area contributed by atoms with E-state index in [0.29, 0.717) is 5.02 Å². The molecule has 0 amide bonds. The van der Waals surface area contributed by atoms with E-state index in [1.807, 2.05) is 19.1 Å². The number of halogens is 1. The van der Waals surface area contributed by atoms with E-state index in [1.165, 1.54) is 6.26 Å².